The molecule has 80 valence electrons. The Morgan fingerprint density at radius 2 is 1.93 bits per heavy atom. The first-order chi connectivity index (χ1) is 6.34. The zero-order valence-electron chi connectivity index (χ0n) is 8.64. The van der Waals surface area contributed by atoms with E-state index < -0.39 is 23.8 Å². The van der Waals surface area contributed by atoms with Gasteiger partial charge in [0.2, 0.25) is 0 Å². The van der Waals surface area contributed by atoms with Crippen LogP contribution in [-0.4, -0.2) is 59.9 Å². The Balaban J connectivity index is 3.09. The fourth-order valence-corrected chi connectivity index (χ4v) is 1.63. The van der Waals surface area contributed by atoms with Gasteiger partial charge in [-0.15, -0.1) is 0 Å². The van der Waals surface area contributed by atoms with Gasteiger partial charge in [-0.25, -0.2) is 4.79 Å². The minimum atomic E-state index is -1.70. The minimum absolute atomic E-state index is 0.492. The third kappa shape index (κ3) is 1.27. The smallest absolute Gasteiger partial charge is 0.328 e. The molecule has 2 atom stereocenters. The highest BCUT2D eigenvalue weighted by Crippen LogP contribution is 2.24. The highest BCUT2D eigenvalue weighted by molar-refractivity contribution is 6.01. The SMILES string of the molecule is CO[C@H]1N(C)C(=O)N(C)C(=O)[C@]1(C)O. The van der Waals surface area contributed by atoms with Crippen molar-refractivity contribution >= 4 is 11.9 Å². The van der Waals surface area contributed by atoms with Crippen molar-refractivity contribution in [1.82, 2.24) is 9.80 Å². The lowest BCUT2D eigenvalue weighted by Crippen LogP contribution is -2.68. The van der Waals surface area contributed by atoms with Crippen LogP contribution < -0.4 is 0 Å². The van der Waals surface area contributed by atoms with Crippen LogP contribution in [0, 0.1) is 0 Å². The second-order valence-electron chi connectivity index (χ2n) is 3.49. The molecular weight excluding hydrogens is 188 g/mol. The Hall–Kier alpha value is -1.14. The maximum absolute atomic E-state index is 11.5. The number of carbonyl (C=O) groups excluding carboxylic acids is 2. The number of hydrogen-bond acceptors (Lipinski definition) is 4. The summed E-state index contributed by atoms with van der Waals surface area (Å²) >= 11 is 0. The normalized spacial score (nSPS) is 33.9. The molecule has 14 heavy (non-hydrogen) atoms. The number of ether oxygens (including phenoxy) is 1. The van der Waals surface area contributed by atoms with Crippen LogP contribution >= 0.6 is 0 Å². The molecule has 0 radical (unpaired) electrons. The molecule has 6 nitrogen and oxygen atoms in total. The number of urea groups is 1. The van der Waals surface area contributed by atoms with E-state index >= 15 is 0 Å². The molecule has 1 saturated heterocycles. The summed E-state index contributed by atoms with van der Waals surface area (Å²) in [5.74, 6) is -0.660. The molecule has 0 unspecified atom stereocenters. The summed E-state index contributed by atoms with van der Waals surface area (Å²) < 4.78 is 4.92. The molecule has 0 spiro atoms. The number of methoxy groups -OCH3 is 1. The molecule has 0 bridgehead atoms. The topological polar surface area (TPSA) is 70.1 Å². The van der Waals surface area contributed by atoms with E-state index in [1.54, 1.807) is 0 Å². The highest BCUT2D eigenvalue weighted by Gasteiger charge is 2.51. The van der Waals surface area contributed by atoms with Gasteiger partial charge in [0.1, 0.15) is 0 Å². The zero-order chi connectivity index (χ0) is 11.1. The van der Waals surface area contributed by atoms with Gasteiger partial charge in [-0.1, -0.05) is 0 Å². The lowest BCUT2D eigenvalue weighted by molar-refractivity contribution is -0.185. The summed E-state index contributed by atoms with van der Waals surface area (Å²) in [7, 11) is 4.12. The Morgan fingerprint density at radius 3 is 2.36 bits per heavy atom. The number of hydrogen-bond donors (Lipinski definition) is 1. The molecule has 1 heterocycles. The third-order valence-corrected chi connectivity index (χ3v) is 2.38. The average molecular weight is 202 g/mol. The van der Waals surface area contributed by atoms with Crippen molar-refractivity contribution in [3.63, 3.8) is 0 Å². The highest BCUT2D eigenvalue weighted by atomic mass is 16.5. The van der Waals surface area contributed by atoms with E-state index in [0.29, 0.717) is 0 Å². The first-order valence-corrected chi connectivity index (χ1v) is 4.14. The van der Waals surface area contributed by atoms with Crippen LogP contribution in [0.2, 0.25) is 0 Å². The van der Waals surface area contributed by atoms with Crippen LogP contribution in [0.15, 0.2) is 0 Å². The van der Waals surface area contributed by atoms with Gasteiger partial charge in [-0.3, -0.25) is 14.6 Å². The van der Waals surface area contributed by atoms with Crippen LogP contribution in [0.4, 0.5) is 4.79 Å². The monoisotopic (exact) mass is 202 g/mol. The largest absolute Gasteiger partial charge is 0.376 e. The number of carbonyl (C=O) groups is 2. The number of likely N-dealkylation sites (N-methyl/N-ethyl adjacent to an activating group) is 2. The summed E-state index contributed by atoms with van der Waals surface area (Å²) in [6, 6.07) is -0.492. The minimum Gasteiger partial charge on any atom is -0.376 e. The number of rotatable bonds is 1. The van der Waals surface area contributed by atoms with Crippen LogP contribution in [0.25, 0.3) is 0 Å². The summed E-state index contributed by atoms with van der Waals surface area (Å²) in [5, 5.41) is 9.85. The van der Waals surface area contributed by atoms with Gasteiger partial charge in [0, 0.05) is 21.2 Å². The van der Waals surface area contributed by atoms with Gasteiger partial charge in [0.15, 0.2) is 11.8 Å². The molecular formula is C8H14N2O4. The second-order valence-corrected chi connectivity index (χ2v) is 3.49. The van der Waals surface area contributed by atoms with Gasteiger partial charge in [-0.05, 0) is 6.92 Å². The average Bonchev–Trinajstić information content (AvgIpc) is 2.13. The Bertz CT molecular complexity index is 277. The first kappa shape index (κ1) is 10.9. The van der Waals surface area contributed by atoms with Crippen LogP contribution in [0.5, 0.6) is 0 Å². The number of nitrogens with zero attached hydrogens (tertiary/aromatic N) is 2. The van der Waals surface area contributed by atoms with E-state index in [9.17, 15) is 14.7 Å². The standard InChI is InChI=1S/C8H14N2O4/c1-8(13)5(11)9(2)7(12)10(3)6(8)14-4/h6,13H,1-4H3/t6-,8+/m1/s1. The van der Waals surface area contributed by atoms with E-state index in [2.05, 4.69) is 0 Å². The van der Waals surface area contributed by atoms with E-state index in [0.717, 1.165) is 4.90 Å². The molecule has 0 aromatic carbocycles. The van der Waals surface area contributed by atoms with Crippen molar-refractivity contribution < 1.29 is 19.4 Å². The van der Waals surface area contributed by atoms with Gasteiger partial charge in [0.05, 0.1) is 0 Å². The molecule has 1 aliphatic heterocycles. The fraction of sp³-hybridized carbons (Fsp3) is 0.750. The maximum atomic E-state index is 11.5. The molecule has 6 heteroatoms. The predicted molar refractivity (Wildman–Crippen MR) is 47.3 cm³/mol. The zero-order valence-corrected chi connectivity index (χ0v) is 8.64. The van der Waals surface area contributed by atoms with Crippen LogP contribution in [-0.2, 0) is 9.53 Å². The van der Waals surface area contributed by atoms with Crippen molar-refractivity contribution in [2.75, 3.05) is 21.2 Å². The number of aliphatic hydroxyl groups is 1. The quantitative estimate of drug-likeness (QED) is 0.606. The van der Waals surface area contributed by atoms with Crippen molar-refractivity contribution in [3.8, 4) is 0 Å². The second kappa shape index (κ2) is 3.21. The molecule has 0 aromatic heterocycles. The first-order valence-electron chi connectivity index (χ1n) is 4.14. The lowest BCUT2D eigenvalue weighted by Gasteiger charge is -2.43. The summed E-state index contributed by atoms with van der Waals surface area (Å²) in [5.41, 5.74) is -1.70. The van der Waals surface area contributed by atoms with E-state index in [1.807, 2.05) is 0 Å². The summed E-state index contributed by atoms with van der Waals surface area (Å²) in [6.45, 7) is 1.32. The molecule has 1 N–H and O–H groups in total. The van der Waals surface area contributed by atoms with Gasteiger partial charge >= 0.3 is 6.03 Å². The molecule has 0 aromatic rings. The summed E-state index contributed by atoms with van der Waals surface area (Å²) in [4.78, 5) is 25.0. The van der Waals surface area contributed by atoms with Gasteiger partial charge < -0.3 is 9.84 Å². The van der Waals surface area contributed by atoms with Gasteiger partial charge in [-0.2, -0.15) is 0 Å². The van der Waals surface area contributed by atoms with Crippen molar-refractivity contribution in [2.24, 2.45) is 0 Å². The molecule has 3 amide bonds. The third-order valence-electron chi connectivity index (χ3n) is 2.38. The van der Waals surface area contributed by atoms with E-state index in [-0.39, 0.29) is 0 Å². The summed E-state index contributed by atoms with van der Waals surface area (Å²) in [6.07, 6.45) is -0.946. The van der Waals surface area contributed by atoms with E-state index in [4.69, 9.17) is 4.74 Å². The Morgan fingerprint density at radius 1 is 1.43 bits per heavy atom. The molecule has 1 rings (SSSR count). The van der Waals surface area contributed by atoms with Crippen molar-refractivity contribution in [1.29, 1.82) is 0 Å². The lowest BCUT2D eigenvalue weighted by atomic mass is 10.00. The van der Waals surface area contributed by atoms with Crippen LogP contribution in [0.1, 0.15) is 6.92 Å². The van der Waals surface area contributed by atoms with Gasteiger partial charge in [0.25, 0.3) is 5.91 Å². The number of imide groups is 1. The Kier molecular flexibility index (Phi) is 2.51. The molecule has 0 aliphatic carbocycles. The van der Waals surface area contributed by atoms with Crippen molar-refractivity contribution in [2.45, 2.75) is 18.8 Å². The molecule has 1 aliphatic rings. The predicted octanol–water partition coefficient (Wildman–Crippen LogP) is -0.766. The van der Waals surface area contributed by atoms with Crippen molar-refractivity contribution in [3.05, 3.63) is 0 Å². The fourth-order valence-electron chi connectivity index (χ4n) is 1.63. The Labute approximate surface area is 82.0 Å². The number of amides is 3. The van der Waals surface area contributed by atoms with Crippen LogP contribution in [0.3, 0.4) is 0 Å². The molecule has 1 fully saturated rings. The maximum Gasteiger partial charge on any atom is 0.328 e. The molecule has 0 saturated carbocycles. The van der Waals surface area contributed by atoms with E-state index in [1.165, 1.54) is 33.0 Å².